The summed E-state index contributed by atoms with van der Waals surface area (Å²) < 4.78 is 5.67. The van der Waals surface area contributed by atoms with Gasteiger partial charge in [0.15, 0.2) is 0 Å². The van der Waals surface area contributed by atoms with Crippen LogP contribution < -0.4 is 30.9 Å². The Bertz CT molecular complexity index is 1920. The number of nitrogens with zero attached hydrogens (tertiary/aromatic N) is 3. The summed E-state index contributed by atoms with van der Waals surface area (Å²) >= 11 is 14.3. The van der Waals surface area contributed by atoms with Crippen LogP contribution in [-0.2, 0) is 16.1 Å². The highest BCUT2D eigenvalue weighted by atomic mass is 35.5. The number of aromatic nitrogens is 2. The van der Waals surface area contributed by atoms with Gasteiger partial charge in [-0.2, -0.15) is 0 Å². The summed E-state index contributed by atoms with van der Waals surface area (Å²) in [4.78, 5) is 35.3. The molecule has 2 aromatic carbocycles. The fourth-order valence-electron chi connectivity index (χ4n) is 7.12. The van der Waals surface area contributed by atoms with Gasteiger partial charge in [0.25, 0.3) is 0 Å². The monoisotopic (exact) mass is 713 g/mol. The van der Waals surface area contributed by atoms with Crippen LogP contribution in [0.2, 0.25) is 10.0 Å². The van der Waals surface area contributed by atoms with Crippen molar-refractivity contribution in [2.24, 2.45) is 0 Å². The second kappa shape index (κ2) is 14.9. The minimum absolute atomic E-state index is 0.103. The van der Waals surface area contributed by atoms with Gasteiger partial charge in [-0.15, -0.1) is 0 Å². The molecular weight excluding hydrogens is 673 g/mol. The molecule has 0 saturated carbocycles. The third-order valence-corrected chi connectivity index (χ3v) is 10.7. The van der Waals surface area contributed by atoms with E-state index in [-0.39, 0.29) is 29.9 Å². The standard InChI is InChI=1S/C38H41Cl2N7O3/c1-47-18-17-30(42-21-24-11-16-34(49)44-24)29-12-14-31(45-37(29)47)27-7-3-5-25(35(27)39)26-6-4-8-28(36(26)40)32-13-9-22(38(46-32)50-2)19-41-20-23-10-15-33(48)43-23/h3-9,12-14,23-24,30,41-42H,10-11,15-21H2,1-2H3,(H,43,48)(H,44,49)/t23-,24+,30+/m0/s1. The Morgan fingerprint density at radius 2 is 1.40 bits per heavy atom. The van der Waals surface area contributed by atoms with Gasteiger partial charge in [0.05, 0.1) is 28.5 Å². The van der Waals surface area contributed by atoms with E-state index in [1.165, 1.54) is 0 Å². The van der Waals surface area contributed by atoms with Crippen molar-refractivity contribution in [3.63, 3.8) is 0 Å². The smallest absolute Gasteiger partial charge is 0.220 e. The molecule has 0 bridgehead atoms. The number of fused-ring (bicyclic) bond motifs is 1. The fraction of sp³-hybridized carbons (Fsp3) is 0.368. The van der Waals surface area contributed by atoms with Gasteiger partial charge >= 0.3 is 0 Å². The number of rotatable bonds is 11. The van der Waals surface area contributed by atoms with Crippen molar-refractivity contribution in [1.82, 2.24) is 31.2 Å². The number of ether oxygens (including phenoxy) is 1. The van der Waals surface area contributed by atoms with Crippen molar-refractivity contribution in [2.75, 3.05) is 38.7 Å². The maximum atomic E-state index is 11.7. The number of methoxy groups -OCH3 is 1. The molecule has 3 aliphatic rings. The van der Waals surface area contributed by atoms with E-state index >= 15 is 0 Å². The van der Waals surface area contributed by atoms with E-state index in [2.05, 4.69) is 39.3 Å². The van der Waals surface area contributed by atoms with Crippen molar-refractivity contribution in [3.05, 3.63) is 81.8 Å². The molecule has 3 aliphatic heterocycles. The predicted molar refractivity (Wildman–Crippen MR) is 198 cm³/mol. The third kappa shape index (κ3) is 7.16. The maximum Gasteiger partial charge on any atom is 0.220 e. The molecule has 0 aliphatic carbocycles. The minimum atomic E-state index is 0.103. The number of hydrogen-bond donors (Lipinski definition) is 4. The van der Waals surface area contributed by atoms with Gasteiger partial charge in [-0.3, -0.25) is 9.59 Å². The summed E-state index contributed by atoms with van der Waals surface area (Å²) in [6, 6.07) is 20.4. The number of halogens is 2. The Morgan fingerprint density at radius 1 is 0.800 bits per heavy atom. The first-order valence-corrected chi connectivity index (χ1v) is 17.9. The zero-order chi connectivity index (χ0) is 34.8. The van der Waals surface area contributed by atoms with E-state index in [4.69, 9.17) is 37.9 Å². The number of amides is 2. The molecule has 2 amide bonds. The van der Waals surface area contributed by atoms with E-state index in [1.807, 2.05) is 54.6 Å². The lowest BCUT2D eigenvalue weighted by molar-refractivity contribution is -0.120. The van der Waals surface area contributed by atoms with E-state index < -0.39 is 0 Å². The average Bonchev–Trinajstić information content (AvgIpc) is 3.75. The van der Waals surface area contributed by atoms with Gasteiger partial charge in [0, 0.05) is 97.6 Å². The van der Waals surface area contributed by atoms with Crippen LogP contribution in [0.3, 0.4) is 0 Å². The summed E-state index contributed by atoms with van der Waals surface area (Å²) in [5.74, 6) is 1.67. The Balaban J connectivity index is 1.12. The molecule has 0 unspecified atom stereocenters. The van der Waals surface area contributed by atoms with E-state index in [1.54, 1.807) is 7.11 Å². The van der Waals surface area contributed by atoms with Crippen LogP contribution in [0.4, 0.5) is 5.82 Å². The van der Waals surface area contributed by atoms with Crippen LogP contribution in [-0.4, -0.2) is 67.7 Å². The first kappa shape index (κ1) is 34.2. The summed E-state index contributed by atoms with van der Waals surface area (Å²) in [6.45, 7) is 2.84. The Labute approximate surface area is 302 Å². The molecule has 260 valence electrons. The molecule has 5 heterocycles. The van der Waals surface area contributed by atoms with Crippen molar-refractivity contribution in [1.29, 1.82) is 0 Å². The molecule has 0 spiro atoms. The lowest BCUT2D eigenvalue weighted by Gasteiger charge is -2.33. The van der Waals surface area contributed by atoms with Crippen molar-refractivity contribution in [3.8, 4) is 39.5 Å². The second-order valence-electron chi connectivity index (χ2n) is 13.2. The van der Waals surface area contributed by atoms with Crippen LogP contribution in [0, 0.1) is 0 Å². The first-order chi connectivity index (χ1) is 24.3. The zero-order valence-corrected chi connectivity index (χ0v) is 29.7. The van der Waals surface area contributed by atoms with Crippen LogP contribution in [0.15, 0.2) is 60.7 Å². The molecule has 7 rings (SSSR count). The Hall–Kier alpha value is -4.22. The summed E-state index contributed by atoms with van der Waals surface area (Å²) in [7, 11) is 3.67. The van der Waals surface area contributed by atoms with Gasteiger partial charge in [0.2, 0.25) is 17.7 Å². The van der Waals surface area contributed by atoms with Crippen molar-refractivity contribution < 1.29 is 14.3 Å². The van der Waals surface area contributed by atoms with Gasteiger partial charge in [-0.1, -0.05) is 71.7 Å². The lowest BCUT2D eigenvalue weighted by atomic mass is 9.96. The summed E-state index contributed by atoms with van der Waals surface area (Å²) in [5.41, 5.74) is 6.70. The molecule has 3 atom stereocenters. The largest absolute Gasteiger partial charge is 0.481 e. The van der Waals surface area contributed by atoms with Gasteiger partial charge < -0.3 is 30.9 Å². The van der Waals surface area contributed by atoms with E-state index in [0.717, 1.165) is 77.2 Å². The third-order valence-electron chi connectivity index (χ3n) is 9.85. The SMILES string of the molecule is COc1nc(-c2cccc(-c3cccc(-c4ccc5c(n4)N(C)CC[C@H]5NC[C@H]4CCC(=O)N4)c3Cl)c2Cl)ccc1CNC[C@@H]1CCC(=O)N1. The highest BCUT2D eigenvalue weighted by molar-refractivity contribution is 6.39. The van der Waals surface area contributed by atoms with E-state index in [9.17, 15) is 9.59 Å². The lowest BCUT2D eigenvalue weighted by Crippen LogP contribution is -2.40. The Kier molecular flexibility index (Phi) is 10.2. The molecule has 10 nitrogen and oxygen atoms in total. The van der Waals surface area contributed by atoms with Crippen LogP contribution in [0.1, 0.15) is 49.3 Å². The zero-order valence-electron chi connectivity index (χ0n) is 28.2. The number of anilines is 1. The van der Waals surface area contributed by atoms with Crippen molar-refractivity contribution >= 4 is 40.8 Å². The highest BCUT2D eigenvalue weighted by Gasteiger charge is 2.28. The van der Waals surface area contributed by atoms with Gasteiger partial charge in [-0.05, 0) is 31.4 Å². The molecule has 2 aromatic heterocycles. The topological polar surface area (TPSA) is 121 Å². The number of carbonyl (C=O) groups is 2. The number of carbonyl (C=O) groups excluding carboxylic acids is 2. The van der Waals surface area contributed by atoms with Gasteiger partial charge in [-0.25, -0.2) is 9.97 Å². The molecule has 0 radical (unpaired) electrons. The summed E-state index contributed by atoms with van der Waals surface area (Å²) in [5, 5.41) is 14.2. The van der Waals surface area contributed by atoms with Crippen molar-refractivity contribution in [2.45, 2.75) is 56.8 Å². The normalized spacial score (nSPS) is 20.1. The quantitative estimate of drug-likeness (QED) is 0.152. The molecule has 4 N–H and O–H groups in total. The predicted octanol–water partition coefficient (Wildman–Crippen LogP) is 5.91. The summed E-state index contributed by atoms with van der Waals surface area (Å²) in [6.07, 6.45) is 3.83. The molecule has 50 heavy (non-hydrogen) atoms. The number of nitrogens with one attached hydrogen (secondary N) is 4. The average molecular weight is 715 g/mol. The molecular formula is C38H41Cl2N7O3. The van der Waals surface area contributed by atoms with Crippen LogP contribution in [0.25, 0.3) is 33.6 Å². The second-order valence-corrected chi connectivity index (χ2v) is 14.0. The molecule has 2 saturated heterocycles. The molecule has 12 heteroatoms. The number of benzene rings is 2. The Morgan fingerprint density at radius 3 is 2.02 bits per heavy atom. The van der Waals surface area contributed by atoms with Crippen LogP contribution >= 0.6 is 23.2 Å². The minimum Gasteiger partial charge on any atom is -0.481 e. The fourth-order valence-corrected chi connectivity index (χ4v) is 7.76. The first-order valence-electron chi connectivity index (χ1n) is 17.2. The molecule has 2 fully saturated rings. The number of pyridine rings is 2. The van der Waals surface area contributed by atoms with E-state index in [0.29, 0.717) is 47.6 Å². The highest BCUT2D eigenvalue weighted by Crippen LogP contribution is 2.43. The van der Waals surface area contributed by atoms with Crippen LogP contribution in [0.5, 0.6) is 5.88 Å². The maximum absolute atomic E-state index is 11.7. The number of hydrogen-bond acceptors (Lipinski definition) is 8. The molecule has 4 aromatic rings. The van der Waals surface area contributed by atoms with Gasteiger partial charge in [0.1, 0.15) is 5.82 Å².